The van der Waals surface area contributed by atoms with E-state index in [0.717, 1.165) is 5.92 Å². The summed E-state index contributed by atoms with van der Waals surface area (Å²) in [6.07, 6.45) is 15.7. The standard InChI is InChI=1S/C14H31P/c1-3-5-7-9-11-14(13-15)12-10-8-6-4-2/h14H,3-13,15H2,1-2H3. The third kappa shape index (κ3) is 10.7. The summed E-state index contributed by atoms with van der Waals surface area (Å²) in [4.78, 5) is 0. The molecule has 1 atom stereocenters. The summed E-state index contributed by atoms with van der Waals surface area (Å²) in [6.45, 7) is 4.58. The van der Waals surface area contributed by atoms with E-state index in [9.17, 15) is 0 Å². The van der Waals surface area contributed by atoms with Gasteiger partial charge in [-0.2, -0.15) is 0 Å². The summed E-state index contributed by atoms with van der Waals surface area (Å²) in [5.74, 6) is 0.990. The van der Waals surface area contributed by atoms with E-state index < -0.39 is 0 Å². The van der Waals surface area contributed by atoms with E-state index in [4.69, 9.17) is 0 Å². The maximum absolute atomic E-state index is 2.94. The van der Waals surface area contributed by atoms with Gasteiger partial charge < -0.3 is 0 Å². The molecule has 0 aliphatic carbocycles. The van der Waals surface area contributed by atoms with Gasteiger partial charge in [-0.1, -0.05) is 78.1 Å². The number of hydrogen-bond donors (Lipinski definition) is 0. The molecular formula is C14H31P. The number of unbranched alkanes of at least 4 members (excludes halogenated alkanes) is 6. The molecule has 0 heterocycles. The highest BCUT2D eigenvalue weighted by Gasteiger charge is 2.05. The summed E-state index contributed by atoms with van der Waals surface area (Å²) in [7, 11) is 2.94. The minimum atomic E-state index is 0.990. The maximum atomic E-state index is 2.94. The largest absolute Gasteiger partial charge is 0.137 e. The van der Waals surface area contributed by atoms with Crippen LogP contribution in [-0.4, -0.2) is 6.16 Å². The van der Waals surface area contributed by atoms with Gasteiger partial charge in [-0.15, -0.1) is 9.24 Å². The Kier molecular flexibility index (Phi) is 12.9. The van der Waals surface area contributed by atoms with Gasteiger partial charge in [0.1, 0.15) is 0 Å². The average molecular weight is 230 g/mol. The van der Waals surface area contributed by atoms with Crippen LogP contribution in [0.3, 0.4) is 0 Å². The van der Waals surface area contributed by atoms with Crippen LogP contribution in [0.15, 0.2) is 0 Å². The molecule has 0 aliphatic rings. The molecule has 0 aromatic rings. The van der Waals surface area contributed by atoms with Crippen LogP contribution in [0.25, 0.3) is 0 Å². The Labute approximate surface area is 99.8 Å². The Morgan fingerprint density at radius 2 is 1.20 bits per heavy atom. The molecular weight excluding hydrogens is 199 g/mol. The number of rotatable bonds is 11. The average Bonchev–Trinajstić information content (AvgIpc) is 2.27. The van der Waals surface area contributed by atoms with Gasteiger partial charge in [-0.05, 0) is 12.1 Å². The van der Waals surface area contributed by atoms with E-state index >= 15 is 0 Å². The van der Waals surface area contributed by atoms with E-state index in [-0.39, 0.29) is 0 Å². The molecule has 0 bridgehead atoms. The first-order chi connectivity index (χ1) is 7.35. The van der Waals surface area contributed by atoms with Crippen molar-refractivity contribution in [2.45, 2.75) is 78.1 Å². The van der Waals surface area contributed by atoms with Crippen LogP contribution in [-0.2, 0) is 0 Å². The molecule has 0 aromatic heterocycles. The van der Waals surface area contributed by atoms with Crippen molar-refractivity contribution >= 4 is 9.24 Å². The van der Waals surface area contributed by atoms with Crippen LogP contribution in [0.5, 0.6) is 0 Å². The maximum Gasteiger partial charge on any atom is -0.0353 e. The molecule has 0 saturated heterocycles. The van der Waals surface area contributed by atoms with Crippen molar-refractivity contribution in [1.82, 2.24) is 0 Å². The molecule has 15 heavy (non-hydrogen) atoms. The topological polar surface area (TPSA) is 0 Å². The highest BCUT2D eigenvalue weighted by molar-refractivity contribution is 7.16. The van der Waals surface area contributed by atoms with Gasteiger partial charge in [0.15, 0.2) is 0 Å². The predicted molar refractivity (Wildman–Crippen MR) is 75.6 cm³/mol. The highest BCUT2D eigenvalue weighted by Crippen LogP contribution is 2.20. The van der Waals surface area contributed by atoms with E-state index in [1.807, 2.05) is 0 Å². The Hall–Kier alpha value is 0.430. The fraction of sp³-hybridized carbons (Fsp3) is 1.00. The summed E-state index contributed by atoms with van der Waals surface area (Å²) < 4.78 is 0. The van der Waals surface area contributed by atoms with Crippen LogP contribution < -0.4 is 0 Å². The molecule has 1 unspecified atom stereocenters. The third-order valence-electron chi connectivity index (χ3n) is 3.27. The van der Waals surface area contributed by atoms with Crippen LogP contribution in [0.2, 0.25) is 0 Å². The fourth-order valence-corrected chi connectivity index (χ4v) is 2.57. The highest BCUT2D eigenvalue weighted by atomic mass is 31.0. The van der Waals surface area contributed by atoms with E-state index in [2.05, 4.69) is 23.1 Å². The van der Waals surface area contributed by atoms with Gasteiger partial charge in [0, 0.05) is 0 Å². The molecule has 0 nitrogen and oxygen atoms in total. The molecule has 1 heteroatoms. The van der Waals surface area contributed by atoms with E-state index in [1.54, 1.807) is 0 Å². The first-order valence-corrected chi connectivity index (χ1v) is 7.86. The molecule has 0 saturated carbocycles. The zero-order chi connectivity index (χ0) is 11.4. The van der Waals surface area contributed by atoms with E-state index in [0.29, 0.717) is 0 Å². The van der Waals surface area contributed by atoms with Crippen molar-refractivity contribution in [3.05, 3.63) is 0 Å². The number of hydrogen-bond acceptors (Lipinski definition) is 0. The Bertz CT molecular complexity index is 99.9. The molecule has 0 aromatic carbocycles. The zero-order valence-electron chi connectivity index (χ0n) is 10.9. The minimum Gasteiger partial charge on any atom is -0.137 e. The second-order valence-electron chi connectivity index (χ2n) is 4.80. The smallest absolute Gasteiger partial charge is 0.0353 e. The van der Waals surface area contributed by atoms with Crippen LogP contribution in [0.4, 0.5) is 0 Å². The van der Waals surface area contributed by atoms with Gasteiger partial charge >= 0.3 is 0 Å². The Morgan fingerprint density at radius 3 is 1.53 bits per heavy atom. The van der Waals surface area contributed by atoms with Crippen molar-refractivity contribution in [1.29, 1.82) is 0 Å². The van der Waals surface area contributed by atoms with Crippen molar-refractivity contribution in [2.75, 3.05) is 6.16 Å². The molecule has 0 aliphatic heterocycles. The lowest BCUT2D eigenvalue weighted by Gasteiger charge is -2.14. The second kappa shape index (κ2) is 12.5. The lowest BCUT2D eigenvalue weighted by molar-refractivity contribution is 0.442. The lowest BCUT2D eigenvalue weighted by Crippen LogP contribution is -2.02. The third-order valence-corrected chi connectivity index (χ3v) is 3.93. The SMILES string of the molecule is CCCCCCC(CP)CCCCCC. The Balaban J connectivity index is 3.29. The zero-order valence-corrected chi connectivity index (χ0v) is 12.1. The van der Waals surface area contributed by atoms with E-state index in [1.165, 1.54) is 70.4 Å². The molecule has 0 rings (SSSR count). The molecule has 0 amide bonds. The monoisotopic (exact) mass is 230 g/mol. The quantitative estimate of drug-likeness (QED) is 0.328. The summed E-state index contributed by atoms with van der Waals surface area (Å²) in [6, 6.07) is 0. The first kappa shape index (κ1) is 15.4. The summed E-state index contributed by atoms with van der Waals surface area (Å²) in [5.41, 5.74) is 0. The van der Waals surface area contributed by atoms with Crippen molar-refractivity contribution in [2.24, 2.45) is 5.92 Å². The molecule has 0 N–H and O–H groups in total. The van der Waals surface area contributed by atoms with Gasteiger partial charge in [-0.25, -0.2) is 0 Å². The summed E-state index contributed by atoms with van der Waals surface area (Å²) >= 11 is 0. The van der Waals surface area contributed by atoms with Gasteiger partial charge in [0.2, 0.25) is 0 Å². The van der Waals surface area contributed by atoms with Crippen LogP contribution in [0, 0.1) is 5.92 Å². The second-order valence-corrected chi connectivity index (χ2v) is 5.27. The van der Waals surface area contributed by atoms with Gasteiger partial charge in [0.05, 0.1) is 0 Å². The normalized spacial score (nSPS) is 11.2. The molecule has 92 valence electrons. The van der Waals surface area contributed by atoms with Gasteiger partial charge in [0.25, 0.3) is 0 Å². The van der Waals surface area contributed by atoms with Crippen LogP contribution >= 0.6 is 9.24 Å². The predicted octanol–water partition coefficient (Wildman–Crippen LogP) is 5.42. The fourth-order valence-electron chi connectivity index (χ4n) is 2.10. The molecule has 0 radical (unpaired) electrons. The minimum absolute atomic E-state index is 0.990. The van der Waals surface area contributed by atoms with Crippen molar-refractivity contribution < 1.29 is 0 Å². The molecule has 0 spiro atoms. The van der Waals surface area contributed by atoms with Gasteiger partial charge in [-0.3, -0.25) is 0 Å². The lowest BCUT2D eigenvalue weighted by atomic mass is 9.96. The summed E-state index contributed by atoms with van der Waals surface area (Å²) in [5, 5.41) is 0. The first-order valence-electron chi connectivity index (χ1n) is 7.05. The molecule has 0 fully saturated rings. The van der Waals surface area contributed by atoms with Crippen molar-refractivity contribution in [3.63, 3.8) is 0 Å². The van der Waals surface area contributed by atoms with Crippen LogP contribution in [0.1, 0.15) is 78.1 Å². The Morgan fingerprint density at radius 1 is 0.733 bits per heavy atom. The van der Waals surface area contributed by atoms with Crippen molar-refractivity contribution in [3.8, 4) is 0 Å².